The summed E-state index contributed by atoms with van der Waals surface area (Å²) in [7, 11) is 0. The molecule has 0 radical (unpaired) electrons. The third-order valence-corrected chi connectivity index (χ3v) is 5.62. The molecule has 2 fully saturated rings. The van der Waals surface area contributed by atoms with Crippen LogP contribution in [-0.2, 0) is 14.4 Å². The van der Waals surface area contributed by atoms with Crippen molar-refractivity contribution in [2.24, 2.45) is 5.73 Å². The van der Waals surface area contributed by atoms with Crippen LogP contribution in [0.4, 0.5) is 0 Å². The van der Waals surface area contributed by atoms with Crippen molar-refractivity contribution in [1.29, 1.82) is 5.26 Å². The Morgan fingerprint density at radius 2 is 2.25 bits per heavy atom. The summed E-state index contributed by atoms with van der Waals surface area (Å²) < 4.78 is 0. The second-order valence-electron chi connectivity index (χ2n) is 5.73. The number of carbonyl (C=O) groups is 3. The van der Waals surface area contributed by atoms with E-state index >= 15 is 0 Å². The molecule has 8 nitrogen and oxygen atoms in total. The molecule has 0 unspecified atom stereocenters. The van der Waals surface area contributed by atoms with Crippen LogP contribution in [0.2, 0.25) is 0 Å². The molecule has 0 saturated carbocycles. The number of carboxylic acid groups (broad SMARTS) is 1. The molecule has 2 amide bonds. The van der Waals surface area contributed by atoms with Gasteiger partial charge < -0.3 is 15.7 Å². The van der Waals surface area contributed by atoms with E-state index in [0.717, 1.165) is 0 Å². The minimum Gasteiger partial charge on any atom is -0.477 e. The van der Waals surface area contributed by atoms with E-state index in [4.69, 9.17) is 11.0 Å². The second-order valence-corrected chi connectivity index (χ2v) is 6.84. The number of allylic oxidation sites excluding steroid dienone is 1. The van der Waals surface area contributed by atoms with Gasteiger partial charge in [-0.25, -0.2) is 4.79 Å². The van der Waals surface area contributed by atoms with Crippen LogP contribution in [0.5, 0.6) is 0 Å². The second kappa shape index (κ2) is 6.30. The molecule has 3 heterocycles. The standard InChI is InChI=1S/C15H16N4O4S/c16-3-1-4-18-5-2-8(12(18)20)6-9-7-24-14-10(17)13(21)19(14)11(9)15(22)23/h6,10,14H,1-2,4-5,7,17H2,(H,22,23)/b8-6+/t10-,14-/m1/s1. The smallest absolute Gasteiger partial charge is 0.352 e. The van der Waals surface area contributed by atoms with Gasteiger partial charge in [-0.1, -0.05) is 0 Å². The Balaban J connectivity index is 1.88. The van der Waals surface area contributed by atoms with Crippen molar-refractivity contribution in [2.45, 2.75) is 24.3 Å². The van der Waals surface area contributed by atoms with Crippen LogP contribution in [0.3, 0.4) is 0 Å². The third-order valence-electron chi connectivity index (χ3n) is 4.30. The van der Waals surface area contributed by atoms with Gasteiger partial charge in [-0.05, 0) is 18.1 Å². The number of thioether (sulfide) groups is 1. The highest BCUT2D eigenvalue weighted by molar-refractivity contribution is 8.00. The summed E-state index contributed by atoms with van der Waals surface area (Å²) in [5.74, 6) is -1.40. The maximum Gasteiger partial charge on any atom is 0.352 e. The topological polar surface area (TPSA) is 128 Å². The van der Waals surface area contributed by atoms with Crippen molar-refractivity contribution in [2.75, 3.05) is 18.8 Å². The van der Waals surface area contributed by atoms with E-state index in [1.807, 2.05) is 6.07 Å². The molecule has 0 spiro atoms. The monoisotopic (exact) mass is 348 g/mol. The van der Waals surface area contributed by atoms with Crippen LogP contribution in [0.25, 0.3) is 0 Å². The van der Waals surface area contributed by atoms with E-state index in [-0.39, 0.29) is 23.4 Å². The lowest BCUT2D eigenvalue weighted by Crippen LogP contribution is -2.68. The van der Waals surface area contributed by atoms with Gasteiger partial charge in [-0.2, -0.15) is 5.26 Å². The summed E-state index contributed by atoms with van der Waals surface area (Å²) >= 11 is 1.40. The summed E-state index contributed by atoms with van der Waals surface area (Å²) in [6, 6.07) is 1.33. The number of likely N-dealkylation sites (tertiary alicyclic amines) is 1. The molecule has 24 heavy (non-hydrogen) atoms. The summed E-state index contributed by atoms with van der Waals surface area (Å²) in [5, 5.41) is 17.7. The highest BCUT2D eigenvalue weighted by atomic mass is 32.2. The Kier molecular flexibility index (Phi) is 4.34. The number of nitriles is 1. The van der Waals surface area contributed by atoms with Crippen molar-refractivity contribution in [1.82, 2.24) is 9.80 Å². The SMILES string of the molecule is N#CCCN1CC/C(=C\C2=C(C(=O)O)N3C(=O)[C@@H](N)[C@H]3SC2)C1=O. The number of rotatable bonds is 4. The van der Waals surface area contributed by atoms with Crippen LogP contribution in [0, 0.1) is 11.3 Å². The van der Waals surface area contributed by atoms with Gasteiger partial charge in [0.15, 0.2) is 0 Å². The number of carbonyl (C=O) groups excluding carboxylic acids is 2. The maximum absolute atomic E-state index is 12.3. The first-order chi connectivity index (χ1) is 11.5. The van der Waals surface area contributed by atoms with E-state index in [1.165, 1.54) is 16.7 Å². The Morgan fingerprint density at radius 3 is 2.92 bits per heavy atom. The molecule has 0 aromatic heterocycles. The van der Waals surface area contributed by atoms with Crippen LogP contribution >= 0.6 is 11.8 Å². The van der Waals surface area contributed by atoms with E-state index in [9.17, 15) is 19.5 Å². The average molecular weight is 348 g/mol. The number of fused-ring (bicyclic) bond motifs is 1. The molecule has 126 valence electrons. The lowest BCUT2D eigenvalue weighted by molar-refractivity contribution is -0.147. The number of aliphatic carboxylic acids is 1. The first kappa shape index (κ1) is 16.5. The Morgan fingerprint density at radius 1 is 1.50 bits per heavy atom. The number of β-lactam (4-membered cyclic amide) rings is 1. The molecule has 3 rings (SSSR count). The lowest BCUT2D eigenvalue weighted by Gasteiger charge is -2.47. The number of hydrogen-bond acceptors (Lipinski definition) is 6. The molecule has 3 aliphatic heterocycles. The molecule has 2 saturated heterocycles. The fourth-order valence-electron chi connectivity index (χ4n) is 3.06. The van der Waals surface area contributed by atoms with E-state index in [2.05, 4.69) is 0 Å². The third kappa shape index (κ3) is 2.57. The zero-order valence-corrected chi connectivity index (χ0v) is 13.6. The molecule has 3 N–H and O–H groups in total. The van der Waals surface area contributed by atoms with Gasteiger partial charge in [-0.3, -0.25) is 14.5 Å². The van der Waals surface area contributed by atoms with Gasteiger partial charge in [0.05, 0.1) is 12.5 Å². The van der Waals surface area contributed by atoms with Crippen molar-refractivity contribution < 1.29 is 19.5 Å². The molecule has 0 aromatic rings. The van der Waals surface area contributed by atoms with Crippen molar-refractivity contribution >= 4 is 29.5 Å². The zero-order valence-electron chi connectivity index (χ0n) is 12.8. The van der Waals surface area contributed by atoms with Crippen LogP contribution in [0.15, 0.2) is 22.9 Å². The number of carboxylic acids is 1. The van der Waals surface area contributed by atoms with Gasteiger partial charge in [0.2, 0.25) is 11.8 Å². The highest BCUT2D eigenvalue weighted by Crippen LogP contribution is 2.40. The molecular formula is C15H16N4O4S. The maximum atomic E-state index is 12.3. The van der Waals surface area contributed by atoms with Gasteiger partial charge in [0.1, 0.15) is 17.1 Å². The largest absolute Gasteiger partial charge is 0.477 e. The first-order valence-electron chi connectivity index (χ1n) is 7.49. The van der Waals surface area contributed by atoms with E-state index < -0.39 is 17.9 Å². The van der Waals surface area contributed by atoms with Crippen LogP contribution in [-0.4, -0.2) is 62.9 Å². The minimum atomic E-state index is -1.20. The number of hydrogen-bond donors (Lipinski definition) is 2. The van der Waals surface area contributed by atoms with Gasteiger partial charge in [-0.15, -0.1) is 11.8 Å². The molecule has 2 atom stereocenters. The molecule has 0 bridgehead atoms. The quantitative estimate of drug-likeness (QED) is 0.524. The van der Waals surface area contributed by atoms with Crippen molar-refractivity contribution in [3.05, 3.63) is 22.9 Å². The summed E-state index contributed by atoms with van der Waals surface area (Å²) in [5.41, 5.74) is 6.59. The van der Waals surface area contributed by atoms with E-state index in [1.54, 1.807) is 11.0 Å². The number of amides is 2. The molecule has 9 heteroatoms. The average Bonchev–Trinajstić information content (AvgIpc) is 2.91. The van der Waals surface area contributed by atoms with E-state index in [0.29, 0.717) is 36.4 Å². The molecule has 0 aromatic carbocycles. The predicted octanol–water partition coefficient (Wildman–Crippen LogP) is -0.360. The van der Waals surface area contributed by atoms with Crippen LogP contribution < -0.4 is 5.73 Å². The van der Waals surface area contributed by atoms with Crippen LogP contribution in [0.1, 0.15) is 12.8 Å². The minimum absolute atomic E-state index is 0.0822. The van der Waals surface area contributed by atoms with Gasteiger partial charge in [0, 0.05) is 24.4 Å². The Bertz CT molecular complexity index is 723. The summed E-state index contributed by atoms with van der Waals surface area (Å²) in [6.45, 7) is 0.888. The van der Waals surface area contributed by atoms with Gasteiger partial charge in [0.25, 0.3) is 0 Å². The first-order valence-corrected chi connectivity index (χ1v) is 8.54. The molecule has 0 aliphatic carbocycles. The Labute approximate surface area is 142 Å². The Hall–Kier alpha value is -2.31. The fourth-order valence-corrected chi connectivity index (χ4v) is 4.31. The predicted molar refractivity (Wildman–Crippen MR) is 85.2 cm³/mol. The lowest BCUT2D eigenvalue weighted by atomic mass is 10.0. The number of nitrogens with two attached hydrogens (primary N) is 1. The van der Waals surface area contributed by atoms with Crippen molar-refractivity contribution in [3.8, 4) is 6.07 Å². The summed E-state index contributed by atoms with van der Waals surface area (Å²) in [4.78, 5) is 38.6. The fraction of sp³-hybridized carbons (Fsp3) is 0.467. The molecular weight excluding hydrogens is 332 g/mol. The van der Waals surface area contributed by atoms with Crippen molar-refractivity contribution in [3.63, 3.8) is 0 Å². The highest BCUT2D eigenvalue weighted by Gasteiger charge is 2.51. The summed E-state index contributed by atoms with van der Waals surface area (Å²) in [6.07, 6.45) is 2.35. The normalized spacial score (nSPS) is 28.1. The zero-order chi connectivity index (χ0) is 17.4. The number of nitrogens with zero attached hydrogens (tertiary/aromatic N) is 3. The molecule has 3 aliphatic rings. The van der Waals surface area contributed by atoms with Gasteiger partial charge >= 0.3 is 5.97 Å².